The number of nitrogens with one attached hydrogen (secondary N) is 1. The van der Waals surface area contributed by atoms with E-state index in [0.717, 1.165) is 16.9 Å². The van der Waals surface area contributed by atoms with Gasteiger partial charge < -0.3 is 14.5 Å². The average molecular weight is 384 g/mol. The van der Waals surface area contributed by atoms with Gasteiger partial charge in [0, 0.05) is 17.7 Å². The molecule has 1 N–H and O–H groups in total. The van der Waals surface area contributed by atoms with Crippen LogP contribution in [0.3, 0.4) is 0 Å². The van der Waals surface area contributed by atoms with Gasteiger partial charge in [0.2, 0.25) is 5.89 Å². The number of carbonyl (C=O) groups excluding carboxylic acids is 1. The Morgan fingerprint density at radius 2 is 1.69 bits per heavy atom. The van der Waals surface area contributed by atoms with E-state index in [-0.39, 0.29) is 5.91 Å². The molecule has 1 amide bonds. The van der Waals surface area contributed by atoms with Crippen molar-refractivity contribution in [3.8, 4) is 28.5 Å². The molecule has 4 aromatic rings. The number of nitrogens with zero attached hydrogens (tertiary/aromatic N) is 1. The molecule has 0 aliphatic heterocycles. The van der Waals surface area contributed by atoms with Crippen molar-refractivity contribution in [3.63, 3.8) is 0 Å². The molecule has 3 aromatic carbocycles. The lowest BCUT2D eigenvalue weighted by Crippen LogP contribution is -2.23. The van der Waals surface area contributed by atoms with Gasteiger partial charge >= 0.3 is 0 Å². The van der Waals surface area contributed by atoms with Gasteiger partial charge in [-0.15, -0.1) is 0 Å². The Bertz CT molecular complexity index is 1100. The fourth-order valence-electron chi connectivity index (χ4n) is 3.02. The van der Waals surface area contributed by atoms with E-state index in [1.54, 1.807) is 19.4 Å². The van der Waals surface area contributed by atoms with Crippen LogP contribution < -0.4 is 10.1 Å². The third-order valence-corrected chi connectivity index (χ3v) is 4.58. The first kappa shape index (κ1) is 18.5. The molecule has 4 rings (SSSR count). The highest BCUT2D eigenvalue weighted by atomic mass is 16.5. The van der Waals surface area contributed by atoms with Gasteiger partial charge in [-0.25, -0.2) is 4.98 Å². The minimum absolute atomic E-state index is 0.184. The van der Waals surface area contributed by atoms with E-state index < -0.39 is 0 Å². The van der Waals surface area contributed by atoms with Crippen LogP contribution in [0.4, 0.5) is 0 Å². The minimum atomic E-state index is -0.184. The molecule has 5 heteroatoms. The molecule has 0 spiro atoms. The summed E-state index contributed by atoms with van der Waals surface area (Å²) in [7, 11) is 1.62. The summed E-state index contributed by atoms with van der Waals surface area (Å²) in [5.41, 5.74) is 3.09. The summed E-state index contributed by atoms with van der Waals surface area (Å²) in [4.78, 5) is 17.2. The number of rotatable bonds is 6. The molecule has 0 atom stereocenters. The highest BCUT2D eigenvalue weighted by Crippen LogP contribution is 2.28. The monoisotopic (exact) mass is 384 g/mol. The zero-order valence-electron chi connectivity index (χ0n) is 16.0. The molecule has 144 valence electrons. The molecule has 0 unspecified atom stereocenters. The van der Waals surface area contributed by atoms with Crippen molar-refractivity contribution in [2.24, 2.45) is 0 Å². The Hall–Kier alpha value is -3.86. The van der Waals surface area contributed by atoms with Crippen LogP contribution >= 0.6 is 0 Å². The molecule has 0 aliphatic rings. The van der Waals surface area contributed by atoms with Crippen molar-refractivity contribution in [2.45, 2.75) is 6.54 Å². The van der Waals surface area contributed by atoms with E-state index in [1.165, 1.54) is 0 Å². The number of oxazole rings is 1. The van der Waals surface area contributed by atoms with Gasteiger partial charge in [0.05, 0.1) is 18.9 Å². The molecule has 0 radical (unpaired) electrons. The fourth-order valence-corrected chi connectivity index (χ4v) is 3.02. The van der Waals surface area contributed by atoms with Gasteiger partial charge in [-0.3, -0.25) is 4.79 Å². The summed E-state index contributed by atoms with van der Waals surface area (Å²) in [5.74, 6) is 1.67. The number of carbonyl (C=O) groups is 1. The summed E-state index contributed by atoms with van der Waals surface area (Å²) < 4.78 is 11.1. The maximum Gasteiger partial charge on any atom is 0.252 e. The summed E-state index contributed by atoms with van der Waals surface area (Å²) in [6.45, 7) is 0.415. The Kier molecular flexibility index (Phi) is 5.38. The Morgan fingerprint density at radius 3 is 2.45 bits per heavy atom. The Labute approximate surface area is 169 Å². The number of ether oxygens (including phenoxy) is 1. The SMILES string of the molecule is COc1ccc(CNC(=O)c2ccccc2-c2ncc(-c3ccccc3)o2)cc1. The maximum atomic E-state index is 12.8. The number of hydrogen-bond donors (Lipinski definition) is 1. The molecule has 0 saturated carbocycles. The molecule has 0 saturated heterocycles. The molecule has 1 heterocycles. The fraction of sp³-hybridized carbons (Fsp3) is 0.0833. The third-order valence-electron chi connectivity index (χ3n) is 4.58. The van der Waals surface area contributed by atoms with Crippen LogP contribution in [0, 0.1) is 0 Å². The first-order valence-electron chi connectivity index (χ1n) is 9.26. The van der Waals surface area contributed by atoms with Crippen molar-refractivity contribution in [3.05, 3.63) is 96.2 Å². The Balaban J connectivity index is 1.53. The third kappa shape index (κ3) is 4.19. The van der Waals surface area contributed by atoms with Crippen LogP contribution in [0.1, 0.15) is 15.9 Å². The van der Waals surface area contributed by atoms with Crippen LogP contribution in [0.2, 0.25) is 0 Å². The maximum absolute atomic E-state index is 12.8. The van der Waals surface area contributed by atoms with Gasteiger partial charge in [-0.1, -0.05) is 54.6 Å². The van der Waals surface area contributed by atoms with E-state index in [1.807, 2.05) is 72.8 Å². The van der Waals surface area contributed by atoms with E-state index >= 15 is 0 Å². The van der Waals surface area contributed by atoms with Crippen LogP contribution in [0.25, 0.3) is 22.8 Å². The molecule has 0 bridgehead atoms. The molecular weight excluding hydrogens is 364 g/mol. The van der Waals surface area contributed by atoms with Crippen molar-refractivity contribution < 1.29 is 13.9 Å². The lowest BCUT2D eigenvalue weighted by atomic mass is 10.1. The first-order valence-corrected chi connectivity index (χ1v) is 9.26. The van der Waals surface area contributed by atoms with Crippen molar-refractivity contribution in [1.29, 1.82) is 0 Å². The molecule has 5 nitrogen and oxygen atoms in total. The van der Waals surface area contributed by atoms with Crippen LogP contribution in [0.5, 0.6) is 5.75 Å². The summed E-state index contributed by atoms with van der Waals surface area (Å²) in [6, 6.07) is 24.6. The number of aromatic nitrogens is 1. The molecule has 1 aromatic heterocycles. The van der Waals surface area contributed by atoms with Crippen LogP contribution in [0.15, 0.2) is 89.5 Å². The summed E-state index contributed by atoms with van der Waals surface area (Å²) in [5, 5.41) is 2.95. The van der Waals surface area contributed by atoms with Gasteiger partial charge in [0.25, 0.3) is 5.91 Å². The second kappa shape index (κ2) is 8.44. The smallest absolute Gasteiger partial charge is 0.252 e. The second-order valence-electron chi connectivity index (χ2n) is 6.47. The molecule has 0 aliphatic carbocycles. The topological polar surface area (TPSA) is 64.4 Å². The Morgan fingerprint density at radius 1 is 0.966 bits per heavy atom. The van der Waals surface area contributed by atoms with E-state index in [4.69, 9.17) is 9.15 Å². The quantitative estimate of drug-likeness (QED) is 0.511. The van der Waals surface area contributed by atoms with Gasteiger partial charge in [-0.05, 0) is 29.8 Å². The van der Waals surface area contributed by atoms with Gasteiger partial charge in [0.15, 0.2) is 5.76 Å². The standard InChI is InChI=1S/C24H20N2O3/c1-28-19-13-11-17(12-14-19)15-25-23(27)20-9-5-6-10-21(20)24-26-16-22(29-24)18-7-3-2-4-8-18/h2-14,16H,15H2,1H3,(H,25,27). The van der Waals surface area contributed by atoms with E-state index in [9.17, 15) is 4.79 Å². The summed E-state index contributed by atoms with van der Waals surface area (Å²) >= 11 is 0. The van der Waals surface area contributed by atoms with Crippen molar-refractivity contribution in [1.82, 2.24) is 10.3 Å². The highest BCUT2D eigenvalue weighted by Gasteiger charge is 2.16. The minimum Gasteiger partial charge on any atom is -0.497 e. The number of amides is 1. The first-order chi connectivity index (χ1) is 14.2. The predicted molar refractivity (Wildman–Crippen MR) is 112 cm³/mol. The lowest BCUT2D eigenvalue weighted by molar-refractivity contribution is 0.0951. The largest absolute Gasteiger partial charge is 0.497 e. The van der Waals surface area contributed by atoms with E-state index in [2.05, 4.69) is 10.3 Å². The normalized spacial score (nSPS) is 10.5. The van der Waals surface area contributed by atoms with Gasteiger partial charge in [0.1, 0.15) is 5.75 Å². The molecule has 0 fully saturated rings. The van der Waals surface area contributed by atoms with Crippen LogP contribution in [-0.2, 0) is 6.54 Å². The van der Waals surface area contributed by atoms with Crippen molar-refractivity contribution >= 4 is 5.91 Å². The van der Waals surface area contributed by atoms with Crippen molar-refractivity contribution in [2.75, 3.05) is 7.11 Å². The summed E-state index contributed by atoms with van der Waals surface area (Å²) in [6.07, 6.45) is 1.68. The zero-order chi connectivity index (χ0) is 20.1. The molecular formula is C24H20N2O3. The lowest BCUT2D eigenvalue weighted by Gasteiger charge is -2.09. The number of benzene rings is 3. The van der Waals surface area contributed by atoms with E-state index in [0.29, 0.717) is 29.3 Å². The number of hydrogen-bond acceptors (Lipinski definition) is 4. The highest BCUT2D eigenvalue weighted by molar-refractivity contribution is 6.00. The zero-order valence-corrected chi connectivity index (χ0v) is 16.0. The predicted octanol–water partition coefficient (Wildman–Crippen LogP) is 4.95. The second-order valence-corrected chi connectivity index (χ2v) is 6.47. The number of methoxy groups -OCH3 is 1. The average Bonchev–Trinajstić information content (AvgIpc) is 3.28. The molecule has 29 heavy (non-hydrogen) atoms. The van der Waals surface area contributed by atoms with Crippen LogP contribution in [-0.4, -0.2) is 18.0 Å². The van der Waals surface area contributed by atoms with Gasteiger partial charge in [-0.2, -0.15) is 0 Å².